The molecule has 2 heterocycles. The van der Waals surface area contributed by atoms with Crippen LogP contribution in [0.15, 0.2) is 0 Å². The van der Waals surface area contributed by atoms with Crippen molar-refractivity contribution < 1.29 is 33.3 Å². The van der Waals surface area contributed by atoms with Gasteiger partial charge < -0.3 is 33.3 Å². The van der Waals surface area contributed by atoms with E-state index in [1.165, 1.54) is 0 Å². The quantitative estimate of drug-likeness (QED) is 0.534. The topological polar surface area (TPSA) is 110 Å². The first-order valence-corrected chi connectivity index (χ1v) is 11.9. The van der Waals surface area contributed by atoms with Gasteiger partial charge in [0.1, 0.15) is 12.2 Å². The second-order valence-electron chi connectivity index (χ2n) is 8.81. The van der Waals surface area contributed by atoms with Crippen LogP contribution in [-0.4, -0.2) is 72.0 Å². The summed E-state index contributed by atoms with van der Waals surface area (Å²) in [6.07, 6.45) is 1.90. The van der Waals surface area contributed by atoms with Crippen molar-refractivity contribution in [2.24, 2.45) is 11.8 Å². The summed E-state index contributed by atoms with van der Waals surface area (Å²) in [5.74, 6) is -0.0196. The first kappa shape index (κ1) is 24.8. The van der Waals surface area contributed by atoms with Crippen LogP contribution in [0.25, 0.3) is 0 Å². The van der Waals surface area contributed by atoms with Gasteiger partial charge in [-0.25, -0.2) is 0 Å². The van der Waals surface area contributed by atoms with Gasteiger partial charge in [0.05, 0.1) is 55.7 Å². The molecule has 2 aliphatic rings. The monoisotopic (exact) mass is 433 g/mol. The second kappa shape index (κ2) is 9.76. The van der Waals surface area contributed by atoms with Crippen LogP contribution in [0.3, 0.4) is 0 Å². The molecular weight excluding hydrogens is 397 g/mol. The van der Waals surface area contributed by atoms with E-state index in [0.717, 1.165) is 0 Å². The highest BCUT2D eigenvalue weighted by Gasteiger charge is 2.45. The van der Waals surface area contributed by atoms with E-state index in [1.807, 2.05) is 27.7 Å². The third-order valence-electron chi connectivity index (χ3n) is 5.85. The van der Waals surface area contributed by atoms with Crippen LogP contribution in [0, 0.1) is 23.2 Å². The molecule has 0 aromatic rings. The molecule has 2 rings (SSSR count). The van der Waals surface area contributed by atoms with Crippen LogP contribution < -0.4 is 0 Å². The van der Waals surface area contributed by atoms with Crippen LogP contribution in [-0.2, 0) is 23.0 Å². The Hall–Kier alpha value is -0.490. The zero-order chi connectivity index (χ0) is 22.0. The summed E-state index contributed by atoms with van der Waals surface area (Å²) in [5.41, 5.74) is -0.844. The number of nitrogens with zero attached hydrogens (tertiary/aromatic N) is 1. The Morgan fingerprint density at radius 1 is 1.10 bits per heavy atom. The molecule has 168 valence electrons. The molecule has 8 nitrogen and oxygen atoms in total. The summed E-state index contributed by atoms with van der Waals surface area (Å²) in [7, 11) is -3.19. The molecule has 9 atom stereocenters. The molecule has 2 saturated heterocycles. The van der Waals surface area contributed by atoms with E-state index < -0.39 is 37.6 Å². The van der Waals surface area contributed by atoms with Crippen molar-refractivity contribution in [3.05, 3.63) is 0 Å². The summed E-state index contributed by atoms with van der Waals surface area (Å²) >= 11 is 0. The molecule has 0 amide bonds. The number of hydrogen-bond acceptors (Lipinski definition) is 8. The maximum absolute atomic E-state index is 10.4. The summed E-state index contributed by atoms with van der Waals surface area (Å²) in [5, 5.41) is 29.2. The van der Waals surface area contributed by atoms with Gasteiger partial charge in [-0.05, 0) is 34.0 Å². The predicted octanol–water partition coefficient (Wildman–Crippen LogP) is 2.49. The maximum Gasteiger partial charge on any atom is 0.251 e. The first-order chi connectivity index (χ1) is 13.4. The first-order valence-electron chi connectivity index (χ1n) is 10.2. The predicted molar refractivity (Wildman–Crippen MR) is 110 cm³/mol. The van der Waals surface area contributed by atoms with Crippen molar-refractivity contribution in [3.8, 4) is 6.07 Å². The largest absolute Gasteiger partial charge is 0.394 e. The van der Waals surface area contributed by atoms with Gasteiger partial charge in [0.25, 0.3) is 7.57 Å². The molecule has 2 fully saturated rings. The zero-order valence-electron chi connectivity index (χ0n) is 18.3. The van der Waals surface area contributed by atoms with E-state index in [4.69, 9.17) is 28.3 Å². The highest BCUT2D eigenvalue weighted by atomic mass is 31.2. The second-order valence-corrected chi connectivity index (χ2v) is 10.7. The Bertz CT molecular complexity index is 637. The van der Waals surface area contributed by atoms with Crippen molar-refractivity contribution in [2.45, 2.75) is 90.2 Å². The number of hydrogen-bond donors (Lipinski definition) is 2. The van der Waals surface area contributed by atoms with Gasteiger partial charge in [0.2, 0.25) is 0 Å². The molecule has 0 bridgehead atoms. The van der Waals surface area contributed by atoms with Gasteiger partial charge in [-0.15, -0.1) is 0 Å². The number of nitriles is 1. The summed E-state index contributed by atoms with van der Waals surface area (Å²) in [4.78, 5) is 0. The number of aliphatic hydroxyl groups excluding tert-OH is 2. The van der Waals surface area contributed by atoms with Gasteiger partial charge in [-0.2, -0.15) is 5.26 Å². The minimum absolute atomic E-state index is 0.00656. The highest BCUT2D eigenvalue weighted by molar-refractivity contribution is 7.59. The lowest BCUT2D eigenvalue weighted by atomic mass is 10.00. The van der Waals surface area contributed by atoms with E-state index >= 15 is 0 Å². The van der Waals surface area contributed by atoms with Crippen molar-refractivity contribution >= 4 is 13.9 Å². The Kier molecular flexibility index (Phi) is 8.34. The van der Waals surface area contributed by atoms with E-state index in [1.54, 1.807) is 13.8 Å². The van der Waals surface area contributed by atoms with Gasteiger partial charge in [0, 0.05) is 11.8 Å². The molecular formula is C20H36NO7P. The van der Waals surface area contributed by atoms with E-state index in [0.29, 0.717) is 0 Å². The molecule has 9 heteroatoms. The smallest absolute Gasteiger partial charge is 0.251 e. The minimum Gasteiger partial charge on any atom is -0.394 e. The average Bonchev–Trinajstić information content (AvgIpc) is 3.03. The molecule has 0 spiro atoms. The third-order valence-corrected chi connectivity index (χ3v) is 7.73. The van der Waals surface area contributed by atoms with E-state index in [-0.39, 0.29) is 43.7 Å². The standard InChI is InChI=1S/C20H36NO7P/c1-12-14(3)26-17(18(12)23)11-24-29(7,28-20(5,6)8-9-21)27-19-13(2)15(4)25-16(19)10-22/h12-19,22-23H,7-8,10-11H2,1-6H3. The van der Waals surface area contributed by atoms with Gasteiger partial charge >= 0.3 is 0 Å². The van der Waals surface area contributed by atoms with Crippen LogP contribution in [0.4, 0.5) is 0 Å². The lowest BCUT2D eigenvalue weighted by Crippen LogP contribution is -2.34. The summed E-state index contributed by atoms with van der Waals surface area (Å²) in [6, 6.07) is 2.10. The van der Waals surface area contributed by atoms with Crippen molar-refractivity contribution in [2.75, 3.05) is 13.2 Å². The molecule has 0 radical (unpaired) electrons. The minimum atomic E-state index is -3.19. The SMILES string of the molecule is C=P(OCC1OC(C)C(C)C1O)(OC1C(CO)OC(C)C1C)OC(C)(C)CC#N. The molecule has 2 aliphatic heterocycles. The fourth-order valence-electron chi connectivity index (χ4n) is 3.68. The molecule has 0 aromatic carbocycles. The Morgan fingerprint density at radius 2 is 1.69 bits per heavy atom. The number of rotatable bonds is 9. The van der Waals surface area contributed by atoms with E-state index in [2.05, 4.69) is 12.4 Å². The zero-order valence-corrected chi connectivity index (χ0v) is 19.2. The van der Waals surface area contributed by atoms with Crippen LogP contribution in [0.2, 0.25) is 0 Å². The normalized spacial score (nSPS) is 40.0. The number of ether oxygens (including phenoxy) is 2. The maximum atomic E-state index is 10.4. The van der Waals surface area contributed by atoms with Crippen molar-refractivity contribution in [3.63, 3.8) is 0 Å². The number of aliphatic hydroxyl groups is 2. The summed E-state index contributed by atoms with van der Waals surface area (Å²) in [6.45, 7) is 11.1. The highest BCUT2D eigenvalue weighted by Crippen LogP contribution is 2.56. The average molecular weight is 433 g/mol. The fraction of sp³-hybridized carbons (Fsp3) is 0.900. The van der Waals surface area contributed by atoms with Gasteiger partial charge in [-0.3, -0.25) is 0 Å². The van der Waals surface area contributed by atoms with Crippen LogP contribution >= 0.6 is 7.57 Å². The lowest BCUT2D eigenvalue weighted by molar-refractivity contribution is -0.0405. The summed E-state index contributed by atoms with van der Waals surface area (Å²) < 4.78 is 29.9. The molecule has 0 aliphatic carbocycles. The molecule has 0 saturated carbocycles. The van der Waals surface area contributed by atoms with Crippen molar-refractivity contribution in [1.29, 1.82) is 5.26 Å². The molecule has 0 aromatic heterocycles. The fourth-order valence-corrected chi connectivity index (χ4v) is 5.72. The molecule has 2 N–H and O–H groups in total. The van der Waals surface area contributed by atoms with Gasteiger partial charge in [0.15, 0.2) is 0 Å². The Balaban J connectivity index is 2.17. The Labute approximate surface area is 174 Å². The third kappa shape index (κ3) is 6.03. The molecule has 9 unspecified atom stereocenters. The van der Waals surface area contributed by atoms with Crippen LogP contribution in [0.5, 0.6) is 0 Å². The van der Waals surface area contributed by atoms with Crippen LogP contribution in [0.1, 0.15) is 48.0 Å². The van der Waals surface area contributed by atoms with Gasteiger partial charge in [-0.1, -0.05) is 13.8 Å². The molecule has 29 heavy (non-hydrogen) atoms. The lowest BCUT2D eigenvalue weighted by Gasteiger charge is -2.36. The van der Waals surface area contributed by atoms with E-state index in [9.17, 15) is 10.2 Å². The Morgan fingerprint density at radius 3 is 2.21 bits per heavy atom. The van der Waals surface area contributed by atoms with Crippen molar-refractivity contribution in [1.82, 2.24) is 0 Å².